The molecule has 0 saturated heterocycles. The Kier molecular flexibility index (Phi) is 5.84. The minimum absolute atomic E-state index is 0.111. The van der Waals surface area contributed by atoms with Crippen LogP contribution in [-0.2, 0) is 19.4 Å². The van der Waals surface area contributed by atoms with Crippen LogP contribution in [0.4, 0.5) is 8.78 Å². The van der Waals surface area contributed by atoms with Gasteiger partial charge in [-0.15, -0.1) is 0 Å². The number of aromatic nitrogens is 3. The third-order valence-corrected chi connectivity index (χ3v) is 4.98. The maximum atomic E-state index is 14.2. The molecular formula is C24H19F2N3O2. The van der Waals surface area contributed by atoms with Crippen LogP contribution in [0.25, 0.3) is 5.69 Å². The van der Waals surface area contributed by atoms with Gasteiger partial charge in [0.05, 0.1) is 12.2 Å². The predicted octanol–water partition coefficient (Wildman–Crippen LogP) is 3.51. The highest BCUT2D eigenvalue weighted by molar-refractivity contribution is 5.32. The Morgan fingerprint density at radius 1 is 0.774 bits per heavy atom. The van der Waals surface area contributed by atoms with Crippen molar-refractivity contribution in [2.75, 3.05) is 0 Å². The third kappa shape index (κ3) is 4.35. The standard InChI is InChI=1S/C24H19F2N3O2/c25-20-12-7-13-21(26)19(20)16-22-23(30)29(18-10-5-2-6-11-18)24(31)28(27-22)15-14-17-8-3-1-4-9-17/h1-13H,14-16H2. The van der Waals surface area contributed by atoms with Crippen molar-refractivity contribution in [3.63, 3.8) is 0 Å². The van der Waals surface area contributed by atoms with E-state index in [-0.39, 0.29) is 24.2 Å². The Morgan fingerprint density at radius 3 is 2.03 bits per heavy atom. The number of hydrogen-bond acceptors (Lipinski definition) is 3. The van der Waals surface area contributed by atoms with Crippen LogP contribution in [-0.4, -0.2) is 14.3 Å². The SMILES string of the molecule is O=c1c(Cc2c(F)cccc2F)nn(CCc2ccccc2)c(=O)n1-c1ccccc1. The molecule has 0 atom stereocenters. The van der Waals surface area contributed by atoms with Gasteiger partial charge in [-0.3, -0.25) is 4.79 Å². The first-order valence-corrected chi connectivity index (χ1v) is 9.80. The molecule has 0 aliphatic heterocycles. The molecule has 1 aromatic heterocycles. The lowest BCUT2D eigenvalue weighted by molar-refractivity contribution is 0.516. The molecule has 0 aliphatic carbocycles. The Labute approximate surface area is 176 Å². The summed E-state index contributed by atoms with van der Waals surface area (Å²) in [5.74, 6) is -1.54. The van der Waals surface area contributed by atoms with Crippen LogP contribution in [0.2, 0.25) is 0 Å². The third-order valence-electron chi connectivity index (χ3n) is 4.98. The van der Waals surface area contributed by atoms with E-state index in [2.05, 4.69) is 5.10 Å². The van der Waals surface area contributed by atoms with Crippen molar-refractivity contribution in [2.24, 2.45) is 0 Å². The second-order valence-corrected chi connectivity index (χ2v) is 7.04. The van der Waals surface area contributed by atoms with Crippen molar-refractivity contribution in [1.82, 2.24) is 14.3 Å². The smallest absolute Gasteiger partial charge is 0.267 e. The van der Waals surface area contributed by atoms with Crippen LogP contribution in [0.15, 0.2) is 88.5 Å². The Bertz CT molecular complexity index is 1300. The zero-order chi connectivity index (χ0) is 21.8. The number of hydrogen-bond donors (Lipinski definition) is 0. The molecule has 0 aliphatic rings. The van der Waals surface area contributed by atoms with E-state index in [9.17, 15) is 18.4 Å². The van der Waals surface area contributed by atoms with Crippen molar-refractivity contribution in [1.29, 1.82) is 0 Å². The lowest BCUT2D eigenvalue weighted by Crippen LogP contribution is -2.43. The Balaban J connectivity index is 1.82. The maximum absolute atomic E-state index is 14.2. The van der Waals surface area contributed by atoms with E-state index in [0.29, 0.717) is 12.1 Å². The minimum Gasteiger partial charge on any atom is -0.267 e. The first-order valence-electron chi connectivity index (χ1n) is 9.80. The van der Waals surface area contributed by atoms with E-state index >= 15 is 0 Å². The summed E-state index contributed by atoms with van der Waals surface area (Å²) < 4.78 is 30.6. The summed E-state index contributed by atoms with van der Waals surface area (Å²) in [6.07, 6.45) is 0.143. The topological polar surface area (TPSA) is 56.9 Å². The van der Waals surface area contributed by atoms with E-state index < -0.39 is 22.9 Å². The molecule has 4 rings (SSSR count). The van der Waals surface area contributed by atoms with Crippen molar-refractivity contribution >= 4 is 0 Å². The highest BCUT2D eigenvalue weighted by Crippen LogP contribution is 2.14. The molecule has 0 unspecified atom stereocenters. The van der Waals surface area contributed by atoms with Gasteiger partial charge in [0, 0.05) is 12.0 Å². The number of aryl methyl sites for hydroxylation is 2. The van der Waals surface area contributed by atoms with E-state index in [0.717, 1.165) is 22.3 Å². The van der Waals surface area contributed by atoms with E-state index in [1.165, 1.54) is 10.7 Å². The van der Waals surface area contributed by atoms with E-state index in [1.807, 2.05) is 30.3 Å². The second-order valence-electron chi connectivity index (χ2n) is 7.04. The van der Waals surface area contributed by atoms with Gasteiger partial charge in [-0.25, -0.2) is 22.8 Å². The Morgan fingerprint density at radius 2 is 1.39 bits per heavy atom. The first kappa shape index (κ1) is 20.4. The molecule has 5 nitrogen and oxygen atoms in total. The molecule has 0 radical (unpaired) electrons. The summed E-state index contributed by atoms with van der Waals surface area (Å²) in [4.78, 5) is 26.2. The molecule has 0 bridgehead atoms. The molecule has 0 saturated carbocycles. The molecule has 4 aromatic rings. The highest BCUT2D eigenvalue weighted by atomic mass is 19.1. The molecule has 156 valence electrons. The normalized spacial score (nSPS) is 10.9. The lowest BCUT2D eigenvalue weighted by Gasteiger charge is -2.13. The van der Waals surface area contributed by atoms with Gasteiger partial charge in [0.1, 0.15) is 17.3 Å². The zero-order valence-corrected chi connectivity index (χ0v) is 16.5. The molecule has 0 fully saturated rings. The van der Waals surface area contributed by atoms with E-state index in [1.54, 1.807) is 30.3 Å². The molecule has 7 heteroatoms. The second kappa shape index (κ2) is 8.87. The van der Waals surface area contributed by atoms with Gasteiger partial charge in [0.25, 0.3) is 5.56 Å². The van der Waals surface area contributed by atoms with Gasteiger partial charge in [-0.2, -0.15) is 5.10 Å². The van der Waals surface area contributed by atoms with Gasteiger partial charge < -0.3 is 0 Å². The van der Waals surface area contributed by atoms with Gasteiger partial charge in [-0.1, -0.05) is 54.6 Å². The summed E-state index contributed by atoms with van der Waals surface area (Å²) in [6, 6.07) is 21.4. The quantitative estimate of drug-likeness (QED) is 0.481. The number of rotatable bonds is 6. The van der Waals surface area contributed by atoms with Gasteiger partial charge in [0.15, 0.2) is 0 Å². The van der Waals surface area contributed by atoms with Crippen LogP contribution >= 0.6 is 0 Å². The highest BCUT2D eigenvalue weighted by Gasteiger charge is 2.18. The number of halogens is 2. The monoisotopic (exact) mass is 419 g/mol. The fourth-order valence-electron chi connectivity index (χ4n) is 3.37. The van der Waals surface area contributed by atoms with Crippen molar-refractivity contribution in [2.45, 2.75) is 19.4 Å². The van der Waals surface area contributed by atoms with Crippen molar-refractivity contribution < 1.29 is 8.78 Å². The summed E-state index contributed by atoms with van der Waals surface area (Å²) in [5.41, 5.74) is -0.320. The van der Waals surface area contributed by atoms with Gasteiger partial charge in [0.2, 0.25) is 0 Å². The zero-order valence-electron chi connectivity index (χ0n) is 16.5. The van der Waals surface area contributed by atoms with Gasteiger partial charge >= 0.3 is 5.69 Å². The lowest BCUT2D eigenvalue weighted by atomic mass is 10.1. The molecule has 3 aromatic carbocycles. The number of para-hydroxylation sites is 1. The fraction of sp³-hybridized carbons (Fsp3) is 0.125. The van der Waals surface area contributed by atoms with Crippen molar-refractivity contribution in [3.05, 3.63) is 128 Å². The average molecular weight is 419 g/mol. The van der Waals surface area contributed by atoms with Crippen LogP contribution in [0.3, 0.4) is 0 Å². The average Bonchev–Trinajstić information content (AvgIpc) is 2.78. The largest absolute Gasteiger partial charge is 0.352 e. The number of nitrogens with zero attached hydrogens (tertiary/aromatic N) is 3. The Hall–Kier alpha value is -3.87. The minimum atomic E-state index is -0.769. The predicted molar refractivity (Wildman–Crippen MR) is 113 cm³/mol. The molecule has 0 amide bonds. The van der Waals surface area contributed by atoms with E-state index in [4.69, 9.17) is 0 Å². The van der Waals surface area contributed by atoms with Crippen LogP contribution in [0.5, 0.6) is 0 Å². The van der Waals surface area contributed by atoms with Crippen LogP contribution in [0, 0.1) is 11.6 Å². The fourth-order valence-corrected chi connectivity index (χ4v) is 3.37. The van der Waals surface area contributed by atoms with Crippen LogP contribution < -0.4 is 11.2 Å². The number of benzene rings is 3. The molecule has 31 heavy (non-hydrogen) atoms. The first-order chi connectivity index (χ1) is 15.0. The molecule has 0 spiro atoms. The summed E-state index contributed by atoms with van der Waals surface area (Å²) in [5, 5.41) is 4.19. The molecule has 1 heterocycles. The summed E-state index contributed by atoms with van der Waals surface area (Å²) in [7, 11) is 0. The maximum Gasteiger partial charge on any atom is 0.352 e. The molecule has 0 N–H and O–H groups in total. The van der Waals surface area contributed by atoms with Crippen molar-refractivity contribution in [3.8, 4) is 5.69 Å². The van der Waals surface area contributed by atoms with Crippen LogP contribution in [0.1, 0.15) is 16.8 Å². The summed E-state index contributed by atoms with van der Waals surface area (Å²) in [6.45, 7) is 0.211. The molecular weight excluding hydrogens is 400 g/mol. The van der Waals surface area contributed by atoms with Gasteiger partial charge in [-0.05, 0) is 36.2 Å². The summed E-state index contributed by atoms with van der Waals surface area (Å²) >= 11 is 0.